The first-order valence-corrected chi connectivity index (χ1v) is 15.2. The van der Waals surface area contributed by atoms with E-state index in [-0.39, 0.29) is 0 Å². The number of hydrogen-bond acceptors (Lipinski definition) is 3. The molecule has 0 aliphatic carbocycles. The Kier molecular flexibility index (Phi) is 5.82. The van der Waals surface area contributed by atoms with Crippen LogP contribution in [0.5, 0.6) is 0 Å². The number of nitrogens with zero attached hydrogens (tertiary/aromatic N) is 2. The van der Waals surface area contributed by atoms with Gasteiger partial charge in [0.1, 0.15) is 11.2 Å². The Morgan fingerprint density at radius 1 is 0.378 bits per heavy atom. The van der Waals surface area contributed by atoms with Gasteiger partial charge in [-0.1, -0.05) is 133 Å². The van der Waals surface area contributed by atoms with Crippen LogP contribution in [-0.4, -0.2) is 9.97 Å². The highest BCUT2D eigenvalue weighted by Gasteiger charge is 2.17. The van der Waals surface area contributed by atoms with Crippen LogP contribution in [0.15, 0.2) is 162 Å². The summed E-state index contributed by atoms with van der Waals surface area (Å²) < 4.78 is 6.64. The summed E-state index contributed by atoms with van der Waals surface area (Å²) >= 11 is 0. The highest BCUT2D eigenvalue weighted by molar-refractivity contribution is 6.19. The first-order valence-electron chi connectivity index (χ1n) is 15.2. The summed E-state index contributed by atoms with van der Waals surface area (Å²) in [5, 5.41) is 5.48. The van der Waals surface area contributed by atoms with Crippen molar-refractivity contribution < 1.29 is 4.42 Å². The third-order valence-corrected chi connectivity index (χ3v) is 8.69. The van der Waals surface area contributed by atoms with Crippen LogP contribution in [0.1, 0.15) is 0 Å². The maximum atomic E-state index is 6.64. The second-order valence-electron chi connectivity index (χ2n) is 11.4. The molecule has 0 spiro atoms. The molecule has 0 bridgehead atoms. The summed E-state index contributed by atoms with van der Waals surface area (Å²) in [6.07, 6.45) is 0. The molecule has 0 atom stereocenters. The van der Waals surface area contributed by atoms with Crippen molar-refractivity contribution in [2.75, 3.05) is 0 Å². The summed E-state index contributed by atoms with van der Waals surface area (Å²) in [6.45, 7) is 0. The highest BCUT2D eigenvalue weighted by atomic mass is 16.3. The van der Waals surface area contributed by atoms with E-state index in [0.29, 0.717) is 5.82 Å². The lowest BCUT2D eigenvalue weighted by Gasteiger charge is -2.10. The lowest BCUT2D eigenvalue weighted by atomic mass is 9.94. The summed E-state index contributed by atoms with van der Waals surface area (Å²) in [5.74, 6) is 0.680. The average molecular weight is 575 g/mol. The molecule has 3 nitrogen and oxygen atoms in total. The van der Waals surface area contributed by atoms with Gasteiger partial charge in [-0.15, -0.1) is 0 Å². The fraction of sp³-hybridized carbons (Fsp3) is 0. The molecule has 3 heteroatoms. The predicted molar refractivity (Wildman–Crippen MR) is 186 cm³/mol. The molecule has 0 saturated carbocycles. The molecule has 0 saturated heterocycles. The van der Waals surface area contributed by atoms with E-state index in [0.717, 1.165) is 55.0 Å². The molecule has 2 aromatic heterocycles. The SMILES string of the molecule is c1ccc(-c2ccc(-c3cc4c5ccc(-c6nc(-c7ccccc7)c7ccccc7n6)cc5oc4c4ccccc34)cc2)cc1. The third-order valence-electron chi connectivity index (χ3n) is 8.69. The molecule has 0 aliphatic rings. The molecule has 2 heterocycles. The van der Waals surface area contributed by atoms with Gasteiger partial charge in [0.15, 0.2) is 5.82 Å². The van der Waals surface area contributed by atoms with Gasteiger partial charge in [0.05, 0.1) is 11.2 Å². The molecule has 7 aromatic carbocycles. The molecular formula is C42H26N2O. The first-order chi connectivity index (χ1) is 22.3. The van der Waals surface area contributed by atoms with Crippen LogP contribution in [0, 0.1) is 0 Å². The second kappa shape index (κ2) is 10.3. The van der Waals surface area contributed by atoms with Crippen molar-refractivity contribution in [1.29, 1.82) is 0 Å². The van der Waals surface area contributed by atoms with Crippen LogP contribution in [0.25, 0.3) is 88.5 Å². The highest BCUT2D eigenvalue weighted by Crippen LogP contribution is 2.41. The Morgan fingerprint density at radius 2 is 0.978 bits per heavy atom. The fourth-order valence-corrected chi connectivity index (χ4v) is 6.47. The molecule has 0 radical (unpaired) electrons. The average Bonchev–Trinajstić information content (AvgIpc) is 3.50. The molecular weight excluding hydrogens is 548 g/mol. The van der Waals surface area contributed by atoms with Crippen LogP contribution >= 0.6 is 0 Å². The zero-order valence-electron chi connectivity index (χ0n) is 24.3. The predicted octanol–water partition coefficient (Wildman–Crippen LogP) is 11.4. The van der Waals surface area contributed by atoms with Crippen LogP contribution in [0.2, 0.25) is 0 Å². The molecule has 9 rings (SSSR count). The number of para-hydroxylation sites is 1. The van der Waals surface area contributed by atoms with Gasteiger partial charge in [-0.2, -0.15) is 0 Å². The Balaban J connectivity index is 1.20. The van der Waals surface area contributed by atoms with Gasteiger partial charge in [-0.3, -0.25) is 0 Å². The van der Waals surface area contributed by atoms with Crippen molar-refractivity contribution in [1.82, 2.24) is 9.97 Å². The summed E-state index contributed by atoms with van der Waals surface area (Å²) in [5.41, 5.74) is 10.3. The van der Waals surface area contributed by atoms with Crippen LogP contribution in [-0.2, 0) is 0 Å². The van der Waals surface area contributed by atoms with Crippen molar-refractivity contribution in [3.8, 4) is 44.9 Å². The van der Waals surface area contributed by atoms with Gasteiger partial charge in [0, 0.05) is 32.7 Å². The van der Waals surface area contributed by atoms with E-state index in [2.05, 4.69) is 115 Å². The number of hydrogen-bond donors (Lipinski definition) is 0. The van der Waals surface area contributed by atoms with Crippen molar-refractivity contribution in [2.24, 2.45) is 0 Å². The maximum Gasteiger partial charge on any atom is 0.160 e. The van der Waals surface area contributed by atoms with Gasteiger partial charge in [-0.05, 0) is 51.9 Å². The van der Waals surface area contributed by atoms with Crippen molar-refractivity contribution in [3.63, 3.8) is 0 Å². The fourth-order valence-electron chi connectivity index (χ4n) is 6.47. The Bertz CT molecular complexity index is 2510. The van der Waals surface area contributed by atoms with E-state index in [1.54, 1.807) is 0 Å². The molecule has 0 unspecified atom stereocenters. The standard InChI is InChI=1S/C42H26N2O/c1-3-11-27(12-4-1)28-19-21-29(22-20-28)36-26-37-33-24-23-31(25-39(33)45-41(37)34-16-8-7-15-32(34)36)42-43-38-18-10-9-17-35(38)40(44-42)30-13-5-2-6-14-30/h1-26H. The molecule has 0 N–H and O–H groups in total. The van der Waals surface area contributed by atoms with Gasteiger partial charge in [-0.25, -0.2) is 9.97 Å². The monoisotopic (exact) mass is 574 g/mol. The Hall–Kier alpha value is -6.06. The Labute approximate surface area is 260 Å². The van der Waals surface area contributed by atoms with E-state index in [4.69, 9.17) is 14.4 Å². The first kappa shape index (κ1) is 25.4. The number of aromatic nitrogens is 2. The number of fused-ring (bicyclic) bond motifs is 6. The molecule has 0 aliphatic heterocycles. The minimum Gasteiger partial charge on any atom is -0.455 e. The zero-order chi connectivity index (χ0) is 29.7. The molecule has 0 fully saturated rings. The zero-order valence-corrected chi connectivity index (χ0v) is 24.3. The van der Waals surface area contributed by atoms with E-state index < -0.39 is 0 Å². The summed E-state index contributed by atoms with van der Waals surface area (Å²) in [6, 6.07) is 55.0. The number of rotatable bonds is 4. The molecule has 45 heavy (non-hydrogen) atoms. The molecule has 9 aromatic rings. The van der Waals surface area contributed by atoms with Crippen LogP contribution in [0.3, 0.4) is 0 Å². The van der Waals surface area contributed by atoms with E-state index in [1.807, 2.05) is 42.5 Å². The normalized spacial score (nSPS) is 11.6. The maximum absolute atomic E-state index is 6.64. The summed E-state index contributed by atoms with van der Waals surface area (Å²) in [4.78, 5) is 10.1. The van der Waals surface area contributed by atoms with Gasteiger partial charge < -0.3 is 4.42 Å². The van der Waals surface area contributed by atoms with Crippen LogP contribution in [0.4, 0.5) is 0 Å². The number of benzene rings is 7. The van der Waals surface area contributed by atoms with Crippen molar-refractivity contribution in [2.45, 2.75) is 0 Å². The van der Waals surface area contributed by atoms with Gasteiger partial charge in [0.25, 0.3) is 0 Å². The van der Waals surface area contributed by atoms with E-state index >= 15 is 0 Å². The Morgan fingerprint density at radius 3 is 1.76 bits per heavy atom. The van der Waals surface area contributed by atoms with Crippen molar-refractivity contribution >= 4 is 43.6 Å². The topological polar surface area (TPSA) is 38.9 Å². The smallest absolute Gasteiger partial charge is 0.160 e. The van der Waals surface area contributed by atoms with Gasteiger partial charge in [0.2, 0.25) is 0 Å². The summed E-state index contributed by atoms with van der Waals surface area (Å²) in [7, 11) is 0. The molecule has 210 valence electrons. The molecule has 0 amide bonds. The largest absolute Gasteiger partial charge is 0.455 e. The minimum atomic E-state index is 0.680. The quantitative estimate of drug-likeness (QED) is 0.210. The van der Waals surface area contributed by atoms with Crippen LogP contribution < -0.4 is 0 Å². The van der Waals surface area contributed by atoms with Crippen molar-refractivity contribution in [3.05, 3.63) is 158 Å². The third kappa shape index (κ3) is 4.29. The van der Waals surface area contributed by atoms with Gasteiger partial charge >= 0.3 is 0 Å². The van der Waals surface area contributed by atoms with E-state index in [9.17, 15) is 0 Å². The minimum absolute atomic E-state index is 0.680. The lowest BCUT2D eigenvalue weighted by molar-refractivity contribution is 0.673. The van der Waals surface area contributed by atoms with E-state index in [1.165, 1.54) is 27.6 Å². The lowest BCUT2D eigenvalue weighted by Crippen LogP contribution is -1.95. The number of furan rings is 1. The second-order valence-corrected chi connectivity index (χ2v) is 11.4.